The van der Waals surface area contributed by atoms with E-state index in [1.54, 1.807) is 6.07 Å². The first-order valence-corrected chi connectivity index (χ1v) is 5.14. The van der Waals surface area contributed by atoms with Crippen LogP contribution in [-0.2, 0) is 0 Å². The van der Waals surface area contributed by atoms with Gasteiger partial charge >= 0.3 is 0 Å². The fourth-order valence-corrected chi connectivity index (χ4v) is 1.77. The van der Waals surface area contributed by atoms with Gasteiger partial charge in [-0.05, 0) is 50.6 Å². The number of aromatic nitrogens is 1. The molecule has 0 atom stereocenters. The first kappa shape index (κ1) is 10.3. The van der Waals surface area contributed by atoms with Crippen molar-refractivity contribution in [2.45, 2.75) is 12.8 Å². The van der Waals surface area contributed by atoms with Crippen LogP contribution in [-0.4, -0.2) is 18.1 Å². The second-order valence-corrected chi connectivity index (χ2v) is 3.69. The minimum absolute atomic E-state index is 0.304. The van der Waals surface area contributed by atoms with Gasteiger partial charge in [-0.15, -0.1) is 0 Å². The van der Waals surface area contributed by atoms with Gasteiger partial charge in [0, 0.05) is 0 Å². The Morgan fingerprint density at radius 1 is 1.33 bits per heavy atom. The minimum Gasteiger partial charge on any atom is -0.316 e. The molecule has 0 aliphatic carbocycles. The van der Waals surface area contributed by atoms with Crippen molar-refractivity contribution in [3.8, 4) is 0 Å². The van der Waals surface area contributed by atoms with Crippen molar-refractivity contribution in [2.75, 3.05) is 13.1 Å². The molecule has 2 heterocycles. The van der Waals surface area contributed by atoms with Gasteiger partial charge in [-0.3, -0.25) is 4.98 Å². The number of rotatable bonds is 1. The second-order valence-electron chi connectivity index (χ2n) is 3.69. The first-order chi connectivity index (χ1) is 7.27. The molecule has 79 valence electrons. The van der Waals surface area contributed by atoms with Crippen molar-refractivity contribution in [1.29, 1.82) is 0 Å². The van der Waals surface area contributed by atoms with E-state index in [4.69, 9.17) is 0 Å². The average Bonchev–Trinajstić information content (AvgIpc) is 2.30. The Labute approximate surface area is 89.2 Å². The summed E-state index contributed by atoms with van der Waals surface area (Å²) >= 11 is 0. The molecule has 0 bridgehead atoms. The smallest absolute Gasteiger partial charge is 0.141 e. The molecule has 0 aromatic carbocycles. The summed E-state index contributed by atoms with van der Waals surface area (Å²) in [5.41, 5.74) is 3.07. The zero-order valence-electron chi connectivity index (χ0n) is 8.59. The number of piperidine rings is 1. The molecule has 0 amide bonds. The molecule has 1 aromatic rings. The van der Waals surface area contributed by atoms with Crippen LogP contribution in [0, 0.1) is 12.7 Å². The molecule has 1 radical (unpaired) electrons. The summed E-state index contributed by atoms with van der Waals surface area (Å²) in [6, 6.07) is 3.11. The third-order valence-electron chi connectivity index (χ3n) is 2.67. The summed E-state index contributed by atoms with van der Waals surface area (Å²) in [4.78, 5) is 4.04. The van der Waals surface area contributed by atoms with Crippen LogP contribution in [0.1, 0.15) is 18.5 Å². The van der Waals surface area contributed by atoms with E-state index < -0.39 is 0 Å². The Hall–Kier alpha value is -1.22. The Bertz CT molecular complexity index is 360. The lowest BCUT2D eigenvalue weighted by atomic mass is 9.98. The number of pyridine rings is 1. The molecule has 1 aliphatic rings. The molecule has 1 N–H and O–H groups in total. The lowest BCUT2D eigenvalue weighted by Gasteiger charge is -2.18. The topological polar surface area (TPSA) is 24.9 Å². The van der Waals surface area contributed by atoms with Crippen LogP contribution in [0.4, 0.5) is 4.39 Å². The second kappa shape index (κ2) is 4.53. The molecule has 1 aliphatic heterocycles. The van der Waals surface area contributed by atoms with E-state index >= 15 is 0 Å². The van der Waals surface area contributed by atoms with Crippen molar-refractivity contribution < 1.29 is 4.39 Å². The average molecular weight is 205 g/mol. The van der Waals surface area contributed by atoms with Crippen molar-refractivity contribution >= 4 is 5.57 Å². The minimum atomic E-state index is -0.304. The van der Waals surface area contributed by atoms with Crippen LogP contribution in [0.15, 0.2) is 23.9 Å². The Kier molecular flexibility index (Phi) is 3.11. The third-order valence-corrected chi connectivity index (χ3v) is 2.67. The van der Waals surface area contributed by atoms with E-state index in [9.17, 15) is 4.39 Å². The first-order valence-electron chi connectivity index (χ1n) is 5.14. The van der Waals surface area contributed by atoms with Gasteiger partial charge < -0.3 is 5.32 Å². The zero-order chi connectivity index (χ0) is 10.7. The molecule has 0 spiro atoms. The number of hydrogen-bond acceptors (Lipinski definition) is 2. The number of hydrogen-bond donors (Lipinski definition) is 1. The highest BCUT2D eigenvalue weighted by Crippen LogP contribution is 2.22. The van der Waals surface area contributed by atoms with Crippen LogP contribution < -0.4 is 5.32 Å². The summed E-state index contributed by atoms with van der Waals surface area (Å²) in [7, 11) is 0. The van der Waals surface area contributed by atoms with Gasteiger partial charge in [0.2, 0.25) is 0 Å². The van der Waals surface area contributed by atoms with Crippen LogP contribution in [0.2, 0.25) is 0 Å². The van der Waals surface area contributed by atoms with Crippen LogP contribution in [0.25, 0.3) is 5.57 Å². The molecule has 2 rings (SSSR count). The molecule has 0 saturated carbocycles. The number of halogens is 1. The summed E-state index contributed by atoms with van der Waals surface area (Å²) in [6.07, 6.45) is 3.26. The highest BCUT2D eigenvalue weighted by molar-refractivity contribution is 5.69. The van der Waals surface area contributed by atoms with Gasteiger partial charge in [-0.2, -0.15) is 0 Å². The van der Waals surface area contributed by atoms with Gasteiger partial charge in [-0.1, -0.05) is 5.57 Å². The largest absolute Gasteiger partial charge is 0.316 e. The lowest BCUT2D eigenvalue weighted by molar-refractivity contribution is 0.610. The van der Waals surface area contributed by atoms with E-state index in [1.165, 1.54) is 17.8 Å². The Balaban J connectivity index is 2.25. The van der Waals surface area contributed by atoms with Gasteiger partial charge in [0.05, 0.1) is 11.9 Å². The molecule has 3 heteroatoms. The van der Waals surface area contributed by atoms with Crippen LogP contribution in [0.5, 0.6) is 0 Å². The maximum absolute atomic E-state index is 12.7. The van der Waals surface area contributed by atoms with Crippen molar-refractivity contribution in [3.63, 3.8) is 0 Å². The summed E-state index contributed by atoms with van der Waals surface area (Å²) in [5.74, 6) is -0.304. The Morgan fingerprint density at radius 3 is 2.67 bits per heavy atom. The summed E-state index contributed by atoms with van der Waals surface area (Å²) < 4.78 is 12.7. The number of allylic oxidation sites excluding steroid dienone is 1. The van der Waals surface area contributed by atoms with E-state index in [1.807, 2.05) is 0 Å². The van der Waals surface area contributed by atoms with Gasteiger partial charge in [0.1, 0.15) is 5.82 Å². The maximum Gasteiger partial charge on any atom is 0.141 e. The molecule has 0 unspecified atom stereocenters. The van der Waals surface area contributed by atoms with E-state index in [0.29, 0.717) is 0 Å². The molecule has 2 nitrogen and oxygen atoms in total. The lowest BCUT2D eigenvalue weighted by Crippen LogP contribution is -2.23. The van der Waals surface area contributed by atoms with Crippen molar-refractivity contribution in [1.82, 2.24) is 10.3 Å². The molecule has 15 heavy (non-hydrogen) atoms. The quantitative estimate of drug-likeness (QED) is 0.760. The highest BCUT2D eigenvalue weighted by Gasteiger charge is 2.09. The SMILES string of the molecule is [CH2]C(=C1CCNCC1)c1ccc(F)cn1. The van der Waals surface area contributed by atoms with E-state index in [-0.39, 0.29) is 5.82 Å². The fourth-order valence-electron chi connectivity index (χ4n) is 1.77. The third kappa shape index (κ3) is 2.42. The number of nitrogens with zero attached hydrogens (tertiary/aromatic N) is 1. The van der Waals surface area contributed by atoms with E-state index in [2.05, 4.69) is 17.2 Å². The molecular weight excluding hydrogens is 191 g/mol. The zero-order valence-corrected chi connectivity index (χ0v) is 8.59. The monoisotopic (exact) mass is 205 g/mol. The van der Waals surface area contributed by atoms with Gasteiger partial charge in [0.25, 0.3) is 0 Å². The van der Waals surface area contributed by atoms with Gasteiger partial charge in [-0.25, -0.2) is 4.39 Å². The maximum atomic E-state index is 12.7. The highest BCUT2D eigenvalue weighted by atomic mass is 19.1. The fraction of sp³-hybridized carbons (Fsp3) is 0.333. The van der Waals surface area contributed by atoms with Crippen molar-refractivity contribution in [3.05, 3.63) is 42.3 Å². The summed E-state index contributed by atoms with van der Waals surface area (Å²) in [5, 5.41) is 3.29. The number of nitrogens with one attached hydrogen (secondary N) is 1. The van der Waals surface area contributed by atoms with Crippen LogP contribution in [0.3, 0.4) is 0 Å². The standard InChI is InChI=1S/C12H14FN2/c1-9(10-4-6-14-7-5-10)12-3-2-11(13)8-15-12/h2-3,8,14H,1,4-7H2. The molecule has 1 aromatic heterocycles. The predicted octanol–water partition coefficient (Wildman–Crippen LogP) is 2.19. The van der Waals surface area contributed by atoms with Gasteiger partial charge in [0.15, 0.2) is 0 Å². The van der Waals surface area contributed by atoms with Crippen LogP contribution >= 0.6 is 0 Å². The summed E-state index contributed by atoms with van der Waals surface area (Å²) in [6.45, 7) is 6.02. The Morgan fingerprint density at radius 2 is 2.07 bits per heavy atom. The normalized spacial score (nSPS) is 16.5. The molecule has 1 saturated heterocycles. The predicted molar refractivity (Wildman–Crippen MR) is 58.6 cm³/mol. The molecule has 1 fully saturated rings. The van der Waals surface area contributed by atoms with Crippen molar-refractivity contribution in [2.24, 2.45) is 0 Å². The molecular formula is C12H14FN2. The van der Waals surface area contributed by atoms with E-state index in [0.717, 1.165) is 37.2 Å².